The number of carbonyl (C=O) groups is 1. The molecular formula is C31H42O. The predicted molar refractivity (Wildman–Crippen MR) is 135 cm³/mol. The molecule has 0 N–H and O–H groups in total. The van der Waals surface area contributed by atoms with Crippen LogP contribution in [0, 0.1) is 39.5 Å². The Labute approximate surface area is 196 Å². The maximum absolute atomic E-state index is 13.8. The highest BCUT2D eigenvalue weighted by Gasteiger charge is 2.34. The van der Waals surface area contributed by atoms with Crippen LogP contribution in [0.5, 0.6) is 0 Å². The van der Waals surface area contributed by atoms with Gasteiger partial charge in [0.15, 0.2) is 0 Å². The second-order valence-electron chi connectivity index (χ2n) is 10.9. The molecule has 32 heavy (non-hydrogen) atoms. The third kappa shape index (κ3) is 5.03. The molecule has 1 heteroatoms. The summed E-state index contributed by atoms with van der Waals surface area (Å²) in [6.45, 7) is 8.97. The highest BCUT2D eigenvalue weighted by molar-refractivity contribution is 5.80. The number of aryl methyl sites for hydroxylation is 4. The normalized spacial score (nSPS) is 19.4. The number of Topliss-reactive ketones (excluding diaryl/α,β-unsaturated/α-hetero) is 1. The SMILES string of the molecule is Cc1cccc(C)c1[C@@H](CC(=O)C[C@@H](c1c(C)cccc1C)C1CCCC1)C1CCCC1. The van der Waals surface area contributed by atoms with Gasteiger partial charge in [0, 0.05) is 12.8 Å². The summed E-state index contributed by atoms with van der Waals surface area (Å²) in [5.41, 5.74) is 8.43. The van der Waals surface area contributed by atoms with Gasteiger partial charge in [-0.15, -0.1) is 0 Å². The lowest BCUT2D eigenvalue weighted by Crippen LogP contribution is -2.21. The summed E-state index contributed by atoms with van der Waals surface area (Å²) >= 11 is 0. The zero-order valence-electron chi connectivity index (χ0n) is 20.8. The van der Waals surface area contributed by atoms with Gasteiger partial charge in [-0.1, -0.05) is 62.1 Å². The van der Waals surface area contributed by atoms with Crippen LogP contribution in [0.2, 0.25) is 0 Å². The molecule has 172 valence electrons. The van der Waals surface area contributed by atoms with Crippen molar-refractivity contribution in [2.75, 3.05) is 0 Å². The molecule has 0 radical (unpaired) electrons. The summed E-state index contributed by atoms with van der Waals surface area (Å²) in [4.78, 5) is 13.8. The van der Waals surface area contributed by atoms with E-state index < -0.39 is 0 Å². The molecule has 2 atom stereocenters. The van der Waals surface area contributed by atoms with Crippen LogP contribution in [0.4, 0.5) is 0 Å². The minimum absolute atomic E-state index is 0.397. The molecule has 0 heterocycles. The maximum atomic E-state index is 13.8. The Kier molecular flexibility index (Phi) is 7.54. The Bertz CT molecular complexity index is 811. The maximum Gasteiger partial charge on any atom is 0.134 e. The third-order valence-corrected chi connectivity index (χ3v) is 8.66. The van der Waals surface area contributed by atoms with Gasteiger partial charge in [0.1, 0.15) is 5.78 Å². The van der Waals surface area contributed by atoms with E-state index in [0.29, 0.717) is 29.5 Å². The smallest absolute Gasteiger partial charge is 0.134 e. The number of hydrogen-bond acceptors (Lipinski definition) is 1. The van der Waals surface area contributed by atoms with Gasteiger partial charge in [-0.2, -0.15) is 0 Å². The van der Waals surface area contributed by atoms with Gasteiger partial charge in [0.2, 0.25) is 0 Å². The van der Waals surface area contributed by atoms with E-state index in [9.17, 15) is 4.79 Å². The van der Waals surface area contributed by atoms with E-state index in [0.717, 1.165) is 12.8 Å². The van der Waals surface area contributed by atoms with Gasteiger partial charge in [0.25, 0.3) is 0 Å². The van der Waals surface area contributed by atoms with Crippen molar-refractivity contribution < 1.29 is 4.79 Å². The summed E-state index contributed by atoms with van der Waals surface area (Å²) in [6.07, 6.45) is 11.9. The average molecular weight is 431 g/mol. The lowest BCUT2D eigenvalue weighted by molar-refractivity contribution is -0.120. The van der Waals surface area contributed by atoms with Crippen molar-refractivity contribution in [3.63, 3.8) is 0 Å². The van der Waals surface area contributed by atoms with Crippen LogP contribution in [-0.4, -0.2) is 5.78 Å². The molecule has 4 rings (SSSR count). The van der Waals surface area contributed by atoms with Crippen molar-refractivity contribution in [1.29, 1.82) is 0 Å². The quantitative estimate of drug-likeness (QED) is 0.410. The van der Waals surface area contributed by atoms with Crippen LogP contribution in [0.25, 0.3) is 0 Å². The van der Waals surface area contributed by atoms with Crippen LogP contribution in [0.15, 0.2) is 36.4 Å². The van der Waals surface area contributed by atoms with E-state index in [4.69, 9.17) is 0 Å². The fraction of sp³-hybridized carbons (Fsp3) is 0.581. The van der Waals surface area contributed by atoms with Crippen molar-refractivity contribution in [2.45, 2.75) is 104 Å². The Morgan fingerprint density at radius 2 is 0.969 bits per heavy atom. The number of ketones is 1. The Morgan fingerprint density at radius 1 is 0.656 bits per heavy atom. The summed E-state index contributed by atoms with van der Waals surface area (Å²) in [7, 11) is 0. The largest absolute Gasteiger partial charge is 0.300 e. The zero-order valence-corrected chi connectivity index (χ0v) is 20.8. The van der Waals surface area contributed by atoms with E-state index in [1.165, 1.54) is 84.7 Å². The van der Waals surface area contributed by atoms with Crippen molar-refractivity contribution in [3.8, 4) is 0 Å². The lowest BCUT2D eigenvalue weighted by atomic mass is 9.74. The molecular weight excluding hydrogens is 388 g/mol. The molecule has 2 aromatic carbocycles. The van der Waals surface area contributed by atoms with Gasteiger partial charge in [-0.25, -0.2) is 0 Å². The van der Waals surface area contributed by atoms with Crippen LogP contribution in [0.3, 0.4) is 0 Å². The topological polar surface area (TPSA) is 17.1 Å². The first-order chi connectivity index (χ1) is 15.5. The van der Waals surface area contributed by atoms with Crippen LogP contribution < -0.4 is 0 Å². The molecule has 0 bridgehead atoms. The van der Waals surface area contributed by atoms with E-state index >= 15 is 0 Å². The fourth-order valence-corrected chi connectivity index (χ4v) is 7.13. The van der Waals surface area contributed by atoms with Crippen molar-refractivity contribution in [1.82, 2.24) is 0 Å². The minimum Gasteiger partial charge on any atom is -0.300 e. The molecule has 0 saturated heterocycles. The van der Waals surface area contributed by atoms with E-state index in [-0.39, 0.29) is 0 Å². The molecule has 2 saturated carbocycles. The molecule has 0 spiro atoms. The molecule has 0 aromatic heterocycles. The minimum atomic E-state index is 0.397. The number of hydrogen-bond donors (Lipinski definition) is 0. The highest BCUT2D eigenvalue weighted by Crippen LogP contribution is 2.45. The first kappa shape index (κ1) is 23.3. The summed E-state index contributed by atoms with van der Waals surface area (Å²) in [5.74, 6) is 2.62. The van der Waals surface area contributed by atoms with E-state index in [1.54, 1.807) is 0 Å². The van der Waals surface area contributed by atoms with E-state index in [2.05, 4.69) is 64.1 Å². The Morgan fingerprint density at radius 3 is 1.28 bits per heavy atom. The average Bonchev–Trinajstić information content (AvgIpc) is 3.46. The molecule has 1 nitrogen and oxygen atoms in total. The Hall–Kier alpha value is -1.89. The van der Waals surface area contributed by atoms with Gasteiger partial charge in [-0.05, 0) is 110 Å². The van der Waals surface area contributed by atoms with E-state index in [1.807, 2.05) is 0 Å². The van der Waals surface area contributed by atoms with Crippen LogP contribution >= 0.6 is 0 Å². The van der Waals surface area contributed by atoms with Crippen molar-refractivity contribution in [3.05, 3.63) is 69.8 Å². The molecule has 2 aliphatic rings. The summed E-state index contributed by atoms with van der Waals surface area (Å²) in [6, 6.07) is 13.3. The summed E-state index contributed by atoms with van der Waals surface area (Å²) < 4.78 is 0. The molecule has 0 unspecified atom stereocenters. The number of benzene rings is 2. The summed E-state index contributed by atoms with van der Waals surface area (Å²) in [5, 5.41) is 0. The van der Waals surface area contributed by atoms with Crippen LogP contribution in [0.1, 0.15) is 109 Å². The van der Waals surface area contributed by atoms with Crippen molar-refractivity contribution in [2.24, 2.45) is 11.8 Å². The molecule has 2 aromatic rings. The molecule has 0 aliphatic heterocycles. The van der Waals surface area contributed by atoms with Crippen molar-refractivity contribution >= 4 is 5.78 Å². The molecule has 2 aliphatic carbocycles. The molecule has 2 fully saturated rings. The standard InChI is InChI=1S/C31H42O/c1-21-11-9-12-22(2)30(21)28(25-15-5-6-16-25)19-27(32)20-29(26-17-7-8-18-26)31-23(3)13-10-14-24(31)4/h9-14,25-26,28-29H,5-8,15-20H2,1-4H3/t28-,29+. The first-order valence-electron chi connectivity index (χ1n) is 13.1. The number of carbonyl (C=O) groups excluding carboxylic acids is 1. The zero-order chi connectivity index (χ0) is 22.7. The fourth-order valence-electron chi connectivity index (χ4n) is 7.13. The first-order valence-corrected chi connectivity index (χ1v) is 13.1. The second-order valence-corrected chi connectivity index (χ2v) is 10.9. The third-order valence-electron chi connectivity index (χ3n) is 8.66. The number of rotatable bonds is 8. The van der Waals surface area contributed by atoms with Gasteiger partial charge in [0.05, 0.1) is 0 Å². The predicted octanol–water partition coefficient (Wildman–Crippen LogP) is 8.52. The van der Waals surface area contributed by atoms with Gasteiger partial charge >= 0.3 is 0 Å². The van der Waals surface area contributed by atoms with Gasteiger partial charge < -0.3 is 0 Å². The Balaban J connectivity index is 1.60. The monoisotopic (exact) mass is 430 g/mol. The highest BCUT2D eigenvalue weighted by atomic mass is 16.1. The van der Waals surface area contributed by atoms with Crippen LogP contribution in [-0.2, 0) is 4.79 Å². The second kappa shape index (κ2) is 10.4. The molecule has 0 amide bonds. The van der Waals surface area contributed by atoms with Gasteiger partial charge in [-0.3, -0.25) is 4.79 Å². The lowest BCUT2D eigenvalue weighted by Gasteiger charge is -2.30.